The molecule has 1 unspecified atom stereocenters. The quantitative estimate of drug-likeness (QED) is 0.0333. The van der Waals surface area contributed by atoms with Crippen LogP contribution in [0.4, 0.5) is 0 Å². The minimum absolute atomic E-state index is 0. The maximum absolute atomic E-state index is 12.1. The topological polar surface area (TPSA) is 210 Å². The van der Waals surface area contributed by atoms with E-state index in [2.05, 4.69) is 109 Å². The number of rotatable bonds is 34. The van der Waals surface area contributed by atoms with Crippen molar-refractivity contribution in [1.29, 1.82) is 0 Å². The minimum Gasteiger partial charge on any atom is -0.460 e. The van der Waals surface area contributed by atoms with Gasteiger partial charge in [-0.1, -0.05) is 281 Å². The lowest BCUT2D eigenvalue weighted by Gasteiger charge is -2.40. The smallest absolute Gasteiger partial charge is 0.312 e. The van der Waals surface area contributed by atoms with Crippen LogP contribution in [0.2, 0.25) is 0 Å². The maximum Gasteiger partial charge on any atom is 0.312 e. The third kappa shape index (κ3) is 84.6. The Kier molecular flexibility index (Phi) is 110. The molecular formula is C120H264O16. The van der Waals surface area contributed by atoms with E-state index in [1.54, 1.807) is 12.2 Å². The highest BCUT2D eigenvalue weighted by Crippen LogP contribution is 2.39. The second-order valence-corrected chi connectivity index (χ2v) is 46.3. The molecule has 1 aliphatic rings. The Morgan fingerprint density at radius 3 is 0.846 bits per heavy atom. The normalized spacial score (nSPS) is 12.7. The SMILES string of the molecule is C.C.C.C.C.C.C.C.C.C.C.C.C.C.C.C.C=CC(C)(C)OC(=O)C(C)(C)CC.C=CC(C)(CCC=C(C)C)OC(=O)C(C)(C)CC.CCC(C)(C)C(=O)OC(C)(C)C.CCC(C)(C)C(=O)OC(C)(C)C(C)(C)C.CCC(C)(C)C(=O)OC(C)(C)C(C)C.CCC(C)(C)C(=O)OC(C)(C)CC(C)(C)C.CCC(C)(C)C(=O)OC(C)(C)CCCC(C)C.CCC(C)(C)C(=O)OC1(C)CCCCC1. The molecule has 1 atom stereocenters. The molecule has 1 aliphatic carbocycles. The summed E-state index contributed by atoms with van der Waals surface area (Å²) < 4.78 is 44.3. The van der Waals surface area contributed by atoms with E-state index in [-0.39, 0.29) is 238 Å². The van der Waals surface area contributed by atoms with Crippen LogP contribution in [0.15, 0.2) is 37.0 Å². The fourth-order valence-corrected chi connectivity index (χ4v) is 9.04. The lowest BCUT2D eigenvalue weighted by Crippen LogP contribution is -2.44. The van der Waals surface area contributed by atoms with E-state index in [0.717, 1.165) is 96.3 Å². The Balaban J connectivity index is -0.0000000504. The molecule has 16 heteroatoms. The monoisotopic (exact) mass is 1960 g/mol. The van der Waals surface area contributed by atoms with Crippen molar-refractivity contribution in [2.24, 2.45) is 66.0 Å². The van der Waals surface area contributed by atoms with Gasteiger partial charge in [-0.3, -0.25) is 38.4 Å². The van der Waals surface area contributed by atoms with Crippen molar-refractivity contribution in [2.75, 3.05) is 0 Å². The Morgan fingerprint density at radius 2 is 0.596 bits per heavy atom. The molecule has 0 amide bonds. The number of hydrogen-bond donors (Lipinski definition) is 0. The van der Waals surface area contributed by atoms with Crippen LogP contribution in [0.1, 0.15) is 594 Å². The van der Waals surface area contributed by atoms with Crippen LogP contribution in [0.25, 0.3) is 0 Å². The molecule has 0 spiro atoms. The van der Waals surface area contributed by atoms with E-state index in [1.807, 2.05) is 263 Å². The second-order valence-electron chi connectivity index (χ2n) is 46.3. The summed E-state index contributed by atoms with van der Waals surface area (Å²) in [5.41, 5.74) is -4.85. The first kappa shape index (κ1) is 190. The van der Waals surface area contributed by atoms with Gasteiger partial charge in [-0.25, -0.2) is 0 Å². The van der Waals surface area contributed by atoms with Crippen molar-refractivity contribution in [3.8, 4) is 0 Å². The predicted molar refractivity (Wildman–Crippen MR) is 615 cm³/mol. The van der Waals surface area contributed by atoms with Gasteiger partial charge in [0.25, 0.3) is 0 Å². The van der Waals surface area contributed by atoms with E-state index in [0.29, 0.717) is 11.8 Å². The molecule has 1 saturated carbocycles. The van der Waals surface area contributed by atoms with Crippen molar-refractivity contribution in [3.63, 3.8) is 0 Å². The van der Waals surface area contributed by atoms with Gasteiger partial charge in [0, 0.05) is 5.41 Å². The number of hydrogen-bond acceptors (Lipinski definition) is 16. The third-order valence-electron chi connectivity index (χ3n) is 24.1. The van der Waals surface area contributed by atoms with E-state index in [4.69, 9.17) is 37.9 Å². The number of allylic oxidation sites excluding steroid dienone is 2. The first-order valence-corrected chi connectivity index (χ1v) is 45.9. The van der Waals surface area contributed by atoms with Crippen molar-refractivity contribution in [1.82, 2.24) is 0 Å². The predicted octanol–water partition coefficient (Wildman–Crippen LogP) is 40.2. The first-order chi connectivity index (χ1) is 53.1. The molecule has 0 saturated heterocycles. The molecule has 0 aliphatic heterocycles. The Morgan fingerprint density at radius 1 is 0.331 bits per heavy atom. The van der Waals surface area contributed by atoms with Gasteiger partial charge in [0.1, 0.15) is 44.8 Å². The molecule has 0 radical (unpaired) electrons. The van der Waals surface area contributed by atoms with Crippen LogP contribution in [-0.2, 0) is 76.3 Å². The van der Waals surface area contributed by atoms with Crippen LogP contribution in [0, 0.1) is 66.0 Å². The van der Waals surface area contributed by atoms with Crippen LogP contribution >= 0.6 is 0 Å². The van der Waals surface area contributed by atoms with Gasteiger partial charge in [-0.15, -0.1) is 0 Å². The average Bonchev–Trinajstić information content (AvgIpc) is 0.813. The summed E-state index contributed by atoms with van der Waals surface area (Å²) in [6, 6.07) is 0. The van der Waals surface area contributed by atoms with Crippen molar-refractivity contribution in [2.45, 2.75) is 639 Å². The zero-order chi connectivity index (χ0) is 97.6. The van der Waals surface area contributed by atoms with Crippen LogP contribution in [0.3, 0.4) is 0 Å². The molecule has 0 aromatic carbocycles. The molecule has 0 bridgehead atoms. The van der Waals surface area contributed by atoms with Crippen molar-refractivity contribution < 1.29 is 76.3 Å². The fraction of sp³-hybridized carbons (Fsp3) is 0.883. The van der Waals surface area contributed by atoms with Crippen molar-refractivity contribution >= 4 is 47.8 Å². The molecule has 1 fully saturated rings. The van der Waals surface area contributed by atoms with Crippen molar-refractivity contribution in [3.05, 3.63) is 37.0 Å². The van der Waals surface area contributed by atoms with Gasteiger partial charge >= 0.3 is 47.8 Å². The van der Waals surface area contributed by atoms with E-state index >= 15 is 0 Å². The summed E-state index contributed by atoms with van der Waals surface area (Å²) in [7, 11) is 0. The van der Waals surface area contributed by atoms with Gasteiger partial charge in [0.15, 0.2) is 0 Å². The second kappa shape index (κ2) is 78.5. The highest BCUT2D eigenvalue weighted by Gasteiger charge is 2.43. The lowest BCUT2D eigenvalue weighted by molar-refractivity contribution is -0.178. The summed E-state index contributed by atoms with van der Waals surface area (Å²) >= 11 is 0. The molecule has 0 heterocycles. The molecule has 16 nitrogen and oxygen atoms in total. The molecule has 136 heavy (non-hydrogen) atoms. The zero-order valence-electron chi connectivity index (χ0n) is 88.8. The van der Waals surface area contributed by atoms with Gasteiger partial charge in [-0.05, 0) is 367 Å². The zero-order valence-corrected chi connectivity index (χ0v) is 88.8. The maximum atomic E-state index is 12.1. The van der Waals surface area contributed by atoms with E-state index in [1.165, 1.54) is 31.3 Å². The van der Waals surface area contributed by atoms with E-state index < -0.39 is 27.6 Å². The van der Waals surface area contributed by atoms with Crippen LogP contribution in [-0.4, -0.2) is 92.6 Å². The molecule has 840 valence electrons. The van der Waals surface area contributed by atoms with Gasteiger partial charge in [-0.2, -0.15) is 0 Å². The average molecular weight is 1960 g/mol. The van der Waals surface area contributed by atoms with E-state index in [9.17, 15) is 38.4 Å². The fourth-order valence-electron chi connectivity index (χ4n) is 9.04. The van der Waals surface area contributed by atoms with Gasteiger partial charge in [0.2, 0.25) is 0 Å². The summed E-state index contributed by atoms with van der Waals surface area (Å²) in [6.45, 7) is 109. The number of ether oxygens (including phenoxy) is 8. The van der Waals surface area contributed by atoms with Crippen LogP contribution < -0.4 is 0 Å². The highest BCUT2D eigenvalue weighted by molar-refractivity contribution is 5.79. The summed E-state index contributed by atoms with van der Waals surface area (Å²) in [4.78, 5) is 94.8. The summed E-state index contributed by atoms with van der Waals surface area (Å²) in [5, 5.41) is 0. The number of carbonyl (C=O) groups is 8. The number of esters is 8. The first-order valence-electron chi connectivity index (χ1n) is 45.9. The Labute approximate surface area is 860 Å². The van der Waals surface area contributed by atoms with Crippen LogP contribution in [0.5, 0.6) is 0 Å². The molecular weight excluding hydrogens is 1700 g/mol. The number of carbonyl (C=O) groups excluding carboxylic acids is 8. The third-order valence-corrected chi connectivity index (χ3v) is 24.1. The summed E-state index contributed by atoms with van der Waals surface area (Å²) in [5.74, 6) is 0.214. The van der Waals surface area contributed by atoms with Gasteiger partial charge < -0.3 is 37.9 Å². The molecule has 1 rings (SSSR count). The standard InChI is InChI=1S/C16H28O2.C15H30O2.C14H28O2.C13H24O2.C13H26O2.C12H24O2.C11H20O2.C10H20O2.16CH4/c1-8-15(5,6)14(17)18-16(7,9-2)12-10-11-13(3)4;1-8-14(4,5)13(16)17-15(6,7)11-9-10-12(2)3;1-9-13(5,6)11(15)16-14(7,8)10-12(2,3)4;1-5-12(2,3)11(14)15-13(4)9-7-6-8-10-13;1-9-12(5,6)10(14)15-13(7,8)11(2,3)4;1-8-11(4,5)10(13)14-12(6,7)9(2)3;1-7-10(3,4)9(12)13-11(5,6)8-2;1-7-10(5,6)8(11)12-9(2,3)4;;;;;;;;;;;;;;;;/h9,11H,2,8,10,12H2,1,3-7H3;12H,8-11H2,1-7H3;9-10H2,1-8H3;5-10H2,1-4H3;9H2,1-8H3;9H,8H2,1-7H3;8H,2,7H2,1,3-6H3;7H2,1-6H3;16*1H4. The Hall–Kier alpha value is -5.02. The summed E-state index contributed by atoms with van der Waals surface area (Å²) in [6.07, 6.45) is 23.4. The van der Waals surface area contributed by atoms with Gasteiger partial charge in [0.05, 0.1) is 43.3 Å². The minimum atomic E-state index is -0.574. The molecule has 0 aromatic rings. The molecule has 0 N–H and O–H groups in total. The molecule has 0 aromatic heterocycles. The largest absolute Gasteiger partial charge is 0.460 e. The highest BCUT2D eigenvalue weighted by atomic mass is 16.6. The lowest BCUT2D eigenvalue weighted by atomic mass is 9.78. The Bertz CT molecular complexity index is 3040.